The Morgan fingerprint density at radius 1 is 1.35 bits per heavy atom. The number of hydrogen-bond acceptors (Lipinski definition) is 4. The number of para-hydroxylation sites is 1. The number of amides is 1. The Bertz CT molecular complexity index is 500. The summed E-state index contributed by atoms with van der Waals surface area (Å²) in [5.74, 6) is 0.879. The molecule has 0 radical (unpaired) electrons. The Labute approximate surface area is 138 Å². The van der Waals surface area contributed by atoms with Crippen LogP contribution in [0.3, 0.4) is 0 Å². The lowest BCUT2D eigenvalue weighted by Gasteiger charge is -2.42. The van der Waals surface area contributed by atoms with Crippen LogP contribution < -0.4 is 4.74 Å². The van der Waals surface area contributed by atoms with Gasteiger partial charge in [-0.1, -0.05) is 18.2 Å². The minimum atomic E-state index is -0.884. The molecule has 0 unspecified atom stereocenters. The summed E-state index contributed by atoms with van der Waals surface area (Å²) in [6, 6.07) is 9.52. The quantitative estimate of drug-likeness (QED) is 0.868. The summed E-state index contributed by atoms with van der Waals surface area (Å²) in [5, 5.41) is 10.6. The van der Waals surface area contributed by atoms with Crippen molar-refractivity contribution in [1.29, 1.82) is 0 Å². The Balaban J connectivity index is 1.99. The molecule has 1 heterocycles. The highest BCUT2D eigenvalue weighted by molar-refractivity contribution is 5.78. The fourth-order valence-electron chi connectivity index (χ4n) is 2.91. The fraction of sp³-hybridized carbons (Fsp3) is 0.611. The summed E-state index contributed by atoms with van der Waals surface area (Å²) >= 11 is 0. The second-order valence-electron chi connectivity index (χ2n) is 6.33. The second-order valence-corrected chi connectivity index (χ2v) is 6.33. The highest BCUT2D eigenvalue weighted by Gasteiger charge is 2.40. The van der Waals surface area contributed by atoms with E-state index in [4.69, 9.17) is 4.74 Å². The Morgan fingerprint density at radius 2 is 2.00 bits per heavy atom. The van der Waals surface area contributed by atoms with Crippen LogP contribution >= 0.6 is 0 Å². The van der Waals surface area contributed by atoms with Gasteiger partial charge in [-0.25, -0.2) is 0 Å². The largest absolute Gasteiger partial charge is 0.486 e. The molecule has 1 aliphatic heterocycles. The van der Waals surface area contributed by atoms with Gasteiger partial charge in [-0.05, 0) is 39.3 Å². The molecule has 0 spiro atoms. The number of carbonyl (C=O) groups excluding carboxylic acids is 1. The van der Waals surface area contributed by atoms with Gasteiger partial charge in [-0.15, -0.1) is 0 Å². The van der Waals surface area contributed by atoms with Crippen molar-refractivity contribution in [1.82, 2.24) is 9.80 Å². The average molecular weight is 320 g/mol. The number of piperidine rings is 1. The van der Waals surface area contributed by atoms with Gasteiger partial charge in [0.15, 0.2) is 0 Å². The summed E-state index contributed by atoms with van der Waals surface area (Å²) < 4.78 is 5.98. The van der Waals surface area contributed by atoms with Gasteiger partial charge < -0.3 is 14.7 Å². The summed E-state index contributed by atoms with van der Waals surface area (Å²) in [4.78, 5) is 16.2. The van der Waals surface area contributed by atoms with Crippen molar-refractivity contribution in [3.8, 4) is 5.75 Å². The van der Waals surface area contributed by atoms with E-state index in [1.54, 1.807) is 0 Å². The van der Waals surface area contributed by atoms with Crippen molar-refractivity contribution in [2.75, 3.05) is 32.7 Å². The second kappa shape index (κ2) is 7.79. The van der Waals surface area contributed by atoms with Gasteiger partial charge >= 0.3 is 0 Å². The molecular formula is C18H28N2O3. The first-order valence-corrected chi connectivity index (χ1v) is 8.40. The molecule has 1 aromatic rings. The molecule has 5 nitrogen and oxygen atoms in total. The van der Waals surface area contributed by atoms with E-state index >= 15 is 0 Å². The zero-order valence-electron chi connectivity index (χ0n) is 14.4. The number of carbonyl (C=O) groups is 1. The van der Waals surface area contributed by atoms with Crippen molar-refractivity contribution in [3.63, 3.8) is 0 Å². The Morgan fingerprint density at radius 3 is 2.61 bits per heavy atom. The molecule has 23 heavy (non-hydrogen) atoms. The average Bonchev–Trinajstić information content (AvgIpc) is 2.53. The van der Waals surface area contributed by atoms with Gasteiger partial charge in [0.2, 0.25) is 5.91 Å². The van der Waals surface area contributed by atoms with Crippen LogP contribution in [0.5, 0.6) is 5.75 Å². The minimum Gasteiger partial charge on any atom is -0.486 e. The molecule has 1 saturated heterocycles. The molecule has 1 aromatic carbocycles. The lowest BCUT2D eigenvalue weighted by Crippen LogP contribution is -2.57. The lowest BCUT2D eigenvalue weighted by molar-refractivity contribution is -0.136. The number of rotatable bonds is 6. The molecule has 0 aliphatic carbocycles. The normalized spacial score (nSPS) is 25.1. The monoisotopic (exact) mass is 320 g/mol. The number of benzene rings is 1. The number of likely N-dealkylation sites (N-methyl/N-ethyl adjacent to an activating group) is 1. The van der Waals surface area contributed by atoms with E-state index < -0.39 is 5.60 Å². The molecule has 1 N–H and O–H groups in total. The predicted molar refractivity (Wildman–Crippen MR) is 90.5 cm³/mol. The van der Waals surface area contributed by atoms with E-state index in [0.717, 1.165) is 18.8 Å². The summed E-state index contributed by atoms with van der Waals surface area (Å²) in [7, 11) is 0. The molecule has 2 atom stereocenters. The third-order valence-corrected chi connectivity index (χ3v) is 4.55. The van der Waals surface area contributed by atoms with Crippen LogP contribution in [0.1, 0.15) is 27.2 Å². The summed E-state index contributed by atoms with van der Waals surface area (Å²) in [5.41, 5.74) is -0.884. The molecule has 0 bridgehead atoms. The number of nitrogens with zero attached hydrogens (tertiary/aromatic N) is 2. The molecular weight excluding hydrogens is 292 g/mol. The van der Waals surface area contributed by atoms with Crippen LogP contribution in [-0.4, -0.2) is 65.2 Å². The zero-order valence-corrected chi connectivity index (χ0v) is 14.4. The van der Waals surface area contributed by atoms with Crippen LogP contribution in [0, 0.1) is 0 Å². The molecule has 0 saturated carbocycles. The number of likely N-dealkylation sites (tertiary alicyclic amines) is 1. The molecule has 1 aliphatic rings. The maximum absolute atomic E-state index is 12.3. The van der Waals surface area contributed by atoms with Crippen LogP contribution in [0.25, 0.3) is 0 Å². The number of hydrogen-bond donors (Lipinski definition) is 1. The van der Waals surface area contributed by atoms with Gasteiger partial charge in [0.1, 0.15) is 17.5 Å². The van der Waals surface area contributed by atoms with Crippen molar-refractivity contribution < 1.29 is 14.6 Å². The highest BCUT2D eigenvalue weighted by atomic mass is 16.5. The Kier molecular flexibility index (Phi) is 6.02. The maximum atomic E-state index is 12.3. The maximum Gasteiger partial charge on any atom is 0.236 e. The molecule has 0 aromatic heterocycles. The number of aliphatic hydroxyl groups is 1. The summed E-state index contributed by atoms with van der Waals surface area (Å²) in [6.45, 7) is 8.88. The minimum absolute atomic E-state index is 0.134. The van der Waals surface area contributed by atoms with E-state index in [1.807, 2.05) is 56.0 Å². The SMILES string of the molecule is CCN(CC)C(=O)CN1CC[C@@](C)(O)[C@H](Oc2ccccc2)C1. The van der Waals surface area contributed by atoms with Gasteiger partial charge in [-0.2, -0.15) is 0 Å². The summed E-state index contributed by atoms with van der Waals surface area (Å²) in [6.07, 6.45) is 0.249. The topological polar surface area (TPSA) is 53.0 Å². The zero-order chi connectivity index (χ0) is 16.9. The van der Waals surface area contributed by atoms with Crippen molar-refractivity contribution in [2.45, 2.75) is 38.9 Å². The standard InChI is InChI=1S/C18H28N2O3/c1-4-20(5-2)17(21)14-19-12-11-18(3,22)16(13-19)23-15-9-7-6-8-10-15/h6-10,16,22H,4-5,11-14H2,1-3H3/t16-,18-/m1/s1. The van der Waals surface area contributed by atoms with Gasteiger partial charge in [0.05, 0.1) is 6.54 Å². The van der Waals surface area contributed by atoms with Gasteiger partial charge in [0.25, 0.3) is 0 Å². The van der Waals surface area contributed by atoms with Crippen LogP contribution in [-0.2, 0) is 4.79 Å². The van der Waals surface area contributed by atoms with Crippen molar-refractivity contribution in [2.24, 2.45) is 0 Å². The lowest BCUT2D eigenvalue weighted by atomic mass is 9.90. The van der Waals surface area contributed by atoms with Crippen molar-refractivity contribution >= 4 is 5.91 Å². The first-order chi connectivity index (χ1) is 11.0. The first kappa shape index (κ1) is 17.8. The fourth-order valence-corrected chi connectivity index (χ4v) is 2.91. The third-order valence-electron chi connectivity index (χ3n) is 4.55. The smallest absolute Gasteiger partial charge is 0.236 e. The Hall–Kier alpha value is -1.59. The van der Waals surface area contributed by atoms with E-state index in [1.165, 1.54) is 0 Å². The molecule has 1 fully saturated rings. The van der Waals surface area contributed by atoms with E-state index in [0.29, 0.717) is 26.1 Å². The van der Waals surface area contributed by atoms with Crippen LogP contribution in [0.15, 0.2) is 30.3 Å². The van der Waals surface area contributed by atoms with Gasteiger partial charge in [0, 0.05) is 26.2 Å². The molecule has 128 valence electrons. The van der Waals surface area contributed by atoms with Crippen molar-refractivity contribution in [3.05, 3.63) is 30.3 Å². The predicted octanol–water partition coefficient (Wildman–Crippen LogP) is 1.76. The third kappa shape index (κ3) is 4.69. The molecule has 2 rings (SSSR count). The van der Waals surface area contributed by atoms with Gasteiger partial charge in [-0.3, -0.25) is 9.69 Å². The first-order valence-electron chi connectivity index (χ1n) is 8.40. The molecule has 1 amide bonds. The van der Waals surface area contributed by atoms with E-state index in [-0.39, 0.29) is 12.0 Å². The van der Waals surface area contributed by atoms with Crippen LogP contribution in [0.2, 0.25) is 0 Å². The van der Waals surface area contributed by atoms with E-state index in [9.17, 15) is 9.90 Å². The van der Waals surface area contributed by atoms with Crippen LogP contribution in [0.4, 0.5) is 0 Å². The van der Waals surface area contributed by atoms with E-state index in [2.05, 4.69) is 4.90 Å². The molecule has 5 heteroatoms. The highest BCUT2D eigenvalue weighted by Crippen LogP contribution is 2.26. The number of ether oxygens (including phenoxy) is 1.